The van der Waals surface area contributed by atoms with E-state index in [1.165, 1.54) is 27.9 Å². The molecule has 0 radical (unpaired) electrons. The van der Waals surface area contributed by atoms with Crippen molar-refractivity contribution in [1.82, 2.24) is 0 Å². The van der Waals surface area contributed by atoms with Crippen LogP contribution in [-0.2, 0) is 6.42 Å². The fourth-order valence-corrected chi connectivity index (χ4v) is 2.50. The van der Waals surface area contributed by atoms with Crippen LogP contribution in [0, 0.1) is 13.8 Å². The summed E-state index contributed by atoms with van der Waals surface area (Å²) >= 11 is 0. The van der Waals surface area contributed by atoms with Gasteiger partial charge in [0.2, 0.25) is 0 Å². The molecule has 2 aromatic carbocycles. The Bertz CT molecular complexity index is 554. The Balaban J connectivity index is 2.21. The van der Waals surface area contributed by atoms with Crippen LogP contribution in [0.1, 0.15) is 48.6 Å². The summed E-state index contributed by atoms with van der Waals surface area (Å²) in [5.41, 5.74) is 6.69. The molecule has 0 amide bonds. The Labute approximate surface area is 123 Å². The number of benzene rings is 2. The highest BCUT2D eigenvalue weighted by Crippen LogP contribution is 2.26. The predicted octanol–water partition coefficient (Wildman–Crippen LogP) is 5.43. The molecule has 1 heteroatoms. The normalized spacial score (nSPS) is 12.2. The van der Waals surface area contributed by atoms with E-state index >= 15 is 0 Å². The monoisotopic (exact) mass is 267 g/mol. The maximum atomic E-state index is 3.69. The lowest BCUT2D eigenvalue weighted by Gasteiger charge is -2.21. The molecule has 0 aliphatic rings. The van der Waals surface area contributed by atoms with Crippen LogP contribution in [0.2, 0.25) is 0 Å². The quantitative estimate of drug-likeness (QED) is 0.761. The van der Waals surface area contributed by atoms with Gasteiger partial charge in [-0.05, 0) is 55.0 Å². The molecule has 0 heterocycles. The van der Waals surface area contributed by atoms with E-state index in [-0.39, 0.29) is 0 Å². The van der Waals surface area contributed by atoms with Crippen molar-refractivity contribution in [2.45, 2.75) is 46.6 Å². The van der Waals surface area contributed by atoms with E-state index in [4.69, 9.17) is 0 Å². The SMILES string of the molecule is CCc1ccc(C(CC)Nc2cccc(C)c2C)cc1. The molecular weight excluding hydrogens is 242 g/mol. The molecule has 0 aliphatic heterocycles. The van der Waals surface area contributed by atoms with Gasteiger partial charge in [-0.1, -0.05) is 50.2 Å². The van der Waals surface area contributed by atoms with E-state index in [1.54, 1.807) is 0 Å². The van der Waals surface area contributed by atoms with E-state index in [0.29, 0.717) is 6.04 Å². The molecule has 1 nitrogen and oxygen atoms in total. The predicted molar refractivity (Wildman–Crippen MR) is 88.4 cm³/mol. The van der Waals surface area contributed by atoms with Crippen molar-refractivity contribution in [3.8, 4) is 0 Å². The molecule has 106 valence electrons. The number of rotatable bonds is 5. The lowest BCUT2D eigenvalue weighted by Crippen LogP contribution is -2.11. The van der Waals surface area contributed by atoms with Gasteiger partial charge in [-0.3, -0.25) is 0 Å². The van der Waals surface area contributed by atoms with Crippen LogP contribution in [0.4, 0.5) is 5.69 Å². The molecule has 0 fully saturated rings. The van der Waals surface area contributed by atoms with Crippen molar-refractivity contribution in [1.29, 1.82) is 0 Å². The van der Waals surface area contributed by atoms with Gasteiger partial charge in [0, 0.05) is 5.69 Å². The molecule has 2 aromatic rings. The molecular formula is C19H25N. The fourth-order valence-electron chi connectivity index (χ4n) is 2.50. The third kappa shape index (κ3) is 3.22. The van der Waals surface area contributed by atoms with Gasteiger partial charge in [-0.15, -0.1) is 0 Å². The van der Waals surface area contributed by atoms with Crippen LogP contribution in [0.3, 0.4) is 0 Å². The first kappa shape index (κ1) is 14.6. The molecule has 0 bridgehead atoms. The van der Waals surface area contributed by atoms with Gasteiger partial charge in [0.15, 0.2) is 0 Å². The summed E-state index contributed by atoms with van der Waals surface area (Å²) in [4.78, 5) is 0. The van der Waals surface area contributed by atoms with Crippen LogP contribution >= 0.6 is 0 Å². The third-order valence-electron chi connectivity index (χ3n) is 4.13. The van der Waals surface area contributed by atoms with Crippen molar-refractivity contribution in [3.05, 3.63) is 64.7 Å². The van der Waals surface area contributed by atoms with Gasteiger partial charge in [0.1, 0.15) is 0 Å². The molecule has 0 saturated carbocycles. The highest BCUT2D eigenvalue weighted by atomic mass is 14.9. The molecule has 2 rings (SSSR count). The number of hydrogen-bond donors (Lipinski definition) is 1. The van der Waals surface area contributed by atoms with E-state index in [0.717, 1.165) is 12.8 Å². The lowest BCUT2D eigenvalue weighted by molar-refractivity contribution is 0.747. The van der Waals surface area contributed by atoms with Crippen molar-refractivity contribution < 1.29 is 0 Å². The Morgan fingerprint density at radius 3 is 2.25 bits per heavy atom. The minimum atomic E-state index is 0.376. The molecule has 0 spiro atoms. The molecule has 0 aliphatic carbocycles. The second-order valence-corrected chi connectivity index (χ2v) is 5.45. The molecule has 1 N–H and O–H groups in total. The van der Waals surface area contributed by atoms with Crippen LogP contribution < -0.4 is 5.32 Å². The molecule has 0 aromatic heterocycles. The zero-order chi connectivity index (χ0) is 14.5. The third-order valence-corrected chi connectivity index (χ3v) is 4.13. The lowest BCUT2D eigenvalue weighted by atomic mass is 10.0. The van der Waals surface area contributed by atoms with E-state index in [1.807, 2.05) is 0 Å². The second-order valence-electron chi connectivity index (χ2n) is 5.45. The largest absolute Gasteiger partial charge is 0.378 e. The molecule has 1 atom stereocenters. The topological polar surface area (TPSA) is 12.0 Å². The van der Waals surface area contributed by atoms with E-state index in [2.05, 4.69) is 75.5 Å². The Hall–Kier alpha value is -1.76. The van der Waals surface area contributed by atoms with Gasteiger partial charge >= 0.3 is 0 Å². The van der Waals surface area contributed by atoms with Crippen molar-refractivity contribution in [3.63, 3.8) is 0 Å². The number of aryl methyl sites for hydroxylation is 2. The average molecular weight is 267 g/mol. The number of nitrogens with one attached hydrogen (secondary N) is 1. The Morgan fingerprint density at radius 2 is 1.65 bits per heavy atom. The summed E-state index contributed by atoms with van der Waals surface area (Å²) in [6.07, 6.45) is 2.18. The van der Waals surface area contributed by atoms with Crippen LogP contribution in [0.25, 0.3) is 0 Å². The standard InChI is InChI=1S/C19H25N/c1-5-16-10-12-17(13-11-16)18(6-2)20-19-9-7-8-14(3)15(19)4/h7-13,18,20H,5-6H2,1-4H3. The fraction of sp³-hybridized carbons (Fsp3) is 0.368. The number of hydrogen-bond acceptors (Lipinski definition) is 1. The van der Waals surface area contributed by atoms with Crippen LogP contribution in [-0.4, -0.2) is 0 Å². The van der Waals surface area contributed by atoms with Crippen molar-refractivity contribution in [2.75, 3.05) is 5.32 Å². The van der Waals surface area contributed by atoms with Gasteiger partial charge in [-0.2, -0.15) is 0 Å². The molecule has 20 heavy (non-hydrogen) atoms. The first-order valence-electron chi connectivity index (χ1n) is 7.57. The van der Waals surface area contributed by atoms with Crippen molar-refractivity contribution in [2.24, 2.45) is 0 Å². The smallest absolute Gasteiger partial charge is 0.0511 e. The first-order chi connectivity index (χ1) is 9.65. The summed E-state index contributed by atoms with van der Waals surface area (Å²) in [6.45, 7) is 8.78. The van der Waals surface area contributed by atoms with Gasteiger partial charge in [0.25, 0.3) is 0 Å². The average Bonchev–Trinajstić information content (AvgIpc) is 2.49. The summed E-state index contributed by atoms with van der Waals surface area (Å²) in [5, 5.41) is 3.69. The van der Waals surface area contributed by atoms with Crippen LogP contribution in [0.5, 0.6) is 0 Å². The number of anilines is 1. The minimum Gasteiger partial charge on any atom is -0.378 e. The maximum absolute atomic E-state index is 3.69. The van der Waals surface area contributed by atoms with Gasteiger partial charge < -0.3 is 5.32 Å². The van der Waals surface area contributed by atoms with Crippen LogP contribution in [0.15, 0.2) is 42.5 Å². The minimum absolute atomic E-state index is 0.376. The summed E-state index contributed by atoms with van der Waals surface area (Å²) < 4.78 is 0. The molecule has 1 unspecified atom stereocenters. The van der Waals surface area contributed by atoms with Gasteiger partial charge in [0.05, 0.1) is 6.04 Å². The van der Waals surface area contributed by atoms with E-state index < -0.39 is 0 Å². The zero-order valence-corrected chi connectivity index (χ0v) is 13.0. The zero-order valence-electron chi connectivity index (χ0n) is 13.0. The Morgan fingerprint density at radius 1 is 0.950 bits per heavy atom. The van der Waals surface area contributed by atoms with Crippen molar-refractivity contribution >= 4 is 5.69 Å². The molecule has 0 saturated heterocycles. The Kier molecular flexibility index (Phi) is 4.84. The van der Waals surface area contributed by atoms with E-state index in [9.17, 15) is 0 Å². The summed E-state index contributed by atoms with van der Waals surface area (Å²) in [6, 6.07) is 15.8. The van der Waals surface area contributed by atoms with Gasteiger partial charge in [-0.25, -0.2) is 0 Å². The highest BCUT2D eigenvalue weighted by Gasteiger charge is 2.10. The summed E-state index contributed by atoms with van der Waals surface area (Å²) in [5.74, 6) is 0. The summed E-state index contributed by atoms with van der Waals surface area (Å²) in [7, 11) is 0. The maximum Gasteiger partial charge on any atom is 0.0511 e. The highest BCUT2D eigenvalue weighted by molar-refractivity contribution is 5.55. The second kappa shape index (κ2) is 6.60. The first-order valence-corrected chi connectivity index (χ1v) is 7.57.